The first-order chi connectivity index (χ1) is 12.9. The van der Waals surface area contributed by atoms with Crippen molar-refractivity contribution < 1.29 is 4.79 Å². The minimum atomic E-state index is 0.187. The Kier molecular flexibility index (Phi) is 9.30. The summed E-state index contributed by atoms with van der Waals surface area (Å²) in [7, 11) is 0. The van der Waals surface area contributed by atoms with Crippen LogP contribution in [0, 0.1) is 0 Å². The van der Waals surface area contributed by atoms with Gasteiger partial charge < -0.3 is 21.3 Å². The third kappa shape index (κ3) is 7.22. The summed E-state index contributed by atoms with van der Waals surface area (Å²) in [6.07, 6.45) is 9.08. The van der Waals surface area contributed by atoms with E-state index < -0.39 is 0 Å². The molecule has 6 heteroatoms. The molecular formula is C21H40N4OS. The summed E-state index contributed by atoms with van der Waals surface area (Å²) < 4.78 is 0. The number of unbranched alkanes of at least 4 members (excludes halogenated alkanes) is 3. The normalized spacial score (nSPS) is 27.7. The van der Waals surface area contributed by atoms with Crippen molar-refractivity contribution in [2.45, 2.75) is 95.0 Å². The molecule has 5 nitrogen and oxygen atoms in total. The topological polar surface area (TPSA) is 65.2 Å². The van der Waals surface area contributed by atoms with Gasteiger partial charge in [0.05, 0.1) is 17.4 Å². The van der Waals surface area contributed by atoms with Crippen LogP contribution in [0.25, 0.3) is 0 Å². The van der Waals surface area contributed by atoms with Crippen LogP contribution in [0.15, 0.2) is 12.4 Å². The summed E-state index contributed by atoms with van der Waals surface area (Å²) in [5.41, 5.74) is 0.193. The summed E-state index contributed by atoms with van der Waals surface area (Å²) in [6.45, 7) is 12.4. The largest absolute Gasteiger partial charge is 0.366 e. The number of hydrogen-bond acceptors (Lipinski definition) is 5. The number of hydrogen-bond donors (Lipinski definition) is 4. The third-order valence-corrected chi connectivity index (χ3v) is 7.45. The summed E-state index contributed by atoms with van der Waals surface area (Å²) in [6, 6.07) is 1.12. The molecule has 4 N–H and O–H groups in total. The molecule has 0 aromatic carbocycles. The maximum atomic E-state index is 11.4. The molecular weight excluding hydrogens is 356 g/mol. The predicted molar refractivity (Wildman–Crippen MR) is 117 cm³/mol. The average molecular weight is 397 g/mol. The molecule has 0 spiro atoms. The number of nitrogens with one attached hydrogen (secondary N) is 4. The molecule has 0 radical (unpaired) electrons. The maximum absolute atomic E-state index is 11.4. The second kappa shape index (κ2) is 11.2. The van der Waals surface area contributed by atoms with E-state index in [0.717, 1.165) is 38.2 Å². The van der Waals surface area contributed by atoms with Gasteiger partial charge in [0.1, 0.15) is 0 Å². The molecule has 2 aliphatic heterocycles. The Morgan fingerprint density at radius 1 is 1.33 bits per heavy atom. The highest BCUT2D eigenvalue weighted by molar-refractivity contribution is 8.00. The first-order valence-electron chi connectivity index (χ1n) is 10.8. The molecule has 2 heterocycles. The first kappa shape index (κ1) is 22.4. The Morgan fingerprint density at radius 3 is 2.93 bits per heavy atom. The smallest absolute Gasteiger partial charge is 0.219 e. The molecule has 2 saturated heterocycles. The van der Waals surface area contributed by atoms with Crippen molar-refractivity contribution in [2.75, 3.05) is 18.8 Å². The van der Waals surface area contributed by atoms with Crippen molar-refractivity contribution in [3.05, 3.63) is 12.4 Å². The molecule has 0 aromatic rings. The lowest BCUT2D eigenvalue weighted by molar-refractivity contribution is -0.121. The zero-order chi connectivity index (χ0) is 19.7. The molecule has 0 bridgehead atoms. The fourth-order valence-electron chi connectivity index (χ4n) is 4.18. The first-order valence-corrected chi connectivity index (χ1v) is 11.8. The maximum Gasteiger partial charge on any atom is 0.219 e. The van der Waals surface area contributed by atoms with E-state index in [0.29, 0.717) is 23.8 Å². The average Bonchev–Trinajstić information content (AvgIpc) is 3.07. The van der Waals surface area contributed by atoms with Gasteiger partial charge in [-0.15, -0.1) is 0 Å². The van der Waals surface area contributed by atoms with Crippen LogP contribution in [0.2, 0.25) is 0 Å². The van der Waals surface area contributed by atoms with Gasteiger partial charge in [-0.05, 0) is 53.0 Å². The van der Waals surface area contributed by atoms with E-state index in [9.17, 15) is 4.79 Å². The van der Waals surface area contributed by atoms with Gasteiger partial charge in [0, 0.05) is 30.0 Å². The van der Waals surface area contributed by atoms with E-state index >= 15 is 0 Å². The van der Waals surface area contributed by atoms with Crippen molar-refractivity contribution >= 4 is 17.7 Å². The number of carbonyl (C=O) groups excluding carboxylic acids is 1. The molecule has 2 fully saturated rings. The van der Waals surface area contributed by atoms with Gasteiger partial charge in [-0.1, -0.05) is 25.8 Å². The lowest BCUT2D eigenvalue weighted by atomic mass is 9.92. The lowest BCUT2D eigenvalue weighted by Gasteiger charge is -2.24. The molecule has 4 atom stereocenters. The van der Waals surface area contributed by atoms with E-state index in [1.54, 1.807) is 0 Å². The lowest BCUT2D eigenvalue weighted by Crippen LogP contribution is -2.47. The Morgan fingerprint density at radius 2 is 2.15 bits per heavy atom. The van der Waals surface area contributed by atoms with E-state index in [-0.39, 0.29) is 11.4 Å². The molecule has 3 unspecified atom stereocenters. The minimum Gasteiger partial charge on any atom is -0.366 e. The van der Waals surface area contributed by atoms with Crippen LogP contribution in [0.3, 0.4) is 0 Å². The van der Waals surface area contributed by atoms with Gasteiger partial charge in [0.15, 0.2) is 0 Å². The van der Waals surface area contributed by atoms with Gasteiger partial charge >= 0.3 is 0 Å². The summed E-state index contributed by atoms with van der Waals surface area (Å²) in [5.74, 6) is 2.36. The second-order valence-corrected chi connectivity index (χ2v) is 9.62. The zero-order valence-corrected chi connectivity index (χ0v) is 18.4. The Bertz CT molecular complexity index is 487. The Balaban J connectivity index is 1.45. The van der Waals surface area contributed by atoms with Gasteiger partial charge in [-0.3, -0.25) is 4.79 Å². The van der Waals surface area contributed by atoms with E-state index in [1.165, 1.54) is 31.4 Å². The van der Waals surface area contributed by atoms with E-state index in [2.05, 4.69) is 53.5 Å². The van der Waals surface area contributed by atoms with Crippen molar-refractivity contribution in [3.63, 3.8) is 0 Å². The van der Waals surface area contributed by atoms with Gasteiger partial charge in [0.2, 0.25) is 5.91 Å². The van der Waals surface area contributed by atoms with Crippen LogP contribution in [-0.2, 0) is 4.79 Å². The van der Waals surface area contributed by atoms with Crippen molar-refractivity contribution in [1.29, 1.82) is 0 Å². The molecule has 2 rings (SSSR count). The molecule has 0 aromatic heterocycles. The quantitative estimate of drug-likeness (QED) is 0.360. The monoisotopic (exact) mass is 396 g/mol. The van der Waals surface area contributed by atoms with Crippen LogP contribution < -0.4 is 21.3 Å². The number of fused-ring (bicyclic) bond motifs is 1. The highest BCUT2D eigenvalue weighted by Gasteiger charge is 2.49. The standard InChI is InChI=1S/C21H40N4OS/c1-5-22-19(26)13-7-6-10-14-23-16(2)11-8-9-12-18-20-21(4,15-27-18)25-17(3)24-20/h16,18,20,23-25H,3,5-15H2,1-2,4H3,(H,22,26)/t16?,18-,20?,21?/m1/s1. The fourth-order valence-corrected chi connectivity index (χ4v) is 5.89. The zero-order valence-electron chi connectivity index (χ0n) is 17.5. The molecule has 27 heavy (non-hydrogen) atoms. The van der Waals surface area contributed by atoms with Gasteiger partial charge in [0.25, 0.3) is 0 Å². The molecule has 0 saturated carbocycles. The van der Waals surface area contributed by atoms with E-state index in [1.807, 2.05) is 6.92 Å². The predicted octanol–water partition coefficient (Wildman–Crippen LogP) is 3.13. The Hall–Kier alpha value is -0.880. The van der Waals surface area contributed by atoms with Crippen molar-refractivity contribution in [3.8, 4) is 0 Å². The highest BCUT2D eigenvalue weighted by atomic mass is 32.2. The third-order valence-electron chi connectivity index (χ3n) is 5.74. The highest BCUT2D eigenvalue weighted by Crippen LogP contribution is 2.40. The van der Waals surface area contributed by atoms with Crippen LogP contribution in [0.1, 0.15) is 72.1 Å². The van der Waals surface area contributed by atoms with Crippen LogP contribution >= 0.6 is 11.8 Å². The van der Waals surface area contributed by atoms with Gasteiger partial charge in [-0.2, -0.15) is 11.8 Å². The van der Waals surface area contributed by atoms with Crippen molar-refractivity contribution in [2.24, 2.45) is 0 Å². The minimum absolute atomic E-state index is 0.187. The van der Waals surface area contributed by atoms with E-state index in [4.69, 9.17) is 0 Å². The van der Waals surface area contributed by atoms with Crippen molar-refractivity contribution in [1.82, 2.24) is 21.3 Å². The van der Waals surface area contributed by atoms with Crippen LogP contribution in [-0.4, -0.2) is 47.6 Å². The number of amides is 1. The number of thioether (sulfide) groups is 1. The number of carbonyl (C=O) groups is 1. The van der Waals surface area contributed by atoms with Crippen LogP contribution in [0.4, 0.5) is 0 Å². The Labute approximate surface area is 170 Å². The molecule has 0 aliphatic carbocycles. The summed E-state index contributed by atoms with van der Waals surface area (Å²) in [5, 5.41) is 14.3. The summed E-state index contributed by atoms with van der Waals surface area (Å²) in [4.78, 5) is 11.4. The van der Waals surface area contributed by atoms with Gasteiger partial charge in [-0.25, -0.2) is 0 Å². The summed E-state index contributed by atoms with van der Waals surface area (Å²) >= 11 is 2.11. The second-order valence-electron chi connectivity index (χ2n) is 8.40. The number of rotatable bonds is 13. The van der Waals surface area contributed by atoms with Crippen LogP contribution in [0.5, 0.6) is 0 Å². The molecule has 1 amide bonds. The molecule has 2 aliphatic rings. The molecule has 156 valence electrons. The SMILES string of the molecule is C=C1NC2[C@@H](CCCCC(C)NCCCCCC(=O)NCC)SCC2(C)N1. The fraction of sp³-hybridized carbons (Fsp3) is 0.857.